The maximum Gasteiger partial charge on any atom is 3.00 e. The van der Waals surface area contributed by atoms with Crippen molar-refractivity contribution < 1.29 is 24.2 Å². The third kappa shape index (κ3) is 10.3. The molecule has 3 heterocycles. The summed E-state index contributed by atoms with van der Waals surface area (Å²) in [5, 5.41) is 0. The van der Waals surface area contributed by atoms with Crippen LogP contribution in [0.3, 0.4) is 0 Å². The average molecular weight is 1030 g/mol. The summed E-state index contributed by atoms with van der Waals surface area (Å²) in [5.74, 6) is 0. The number of aromatic nitrogens is 3. The van der Waals surface area contributed by atoms with Gasteiger partial charge in [0.25, 0.3) is 0 Å². The van der Waals surface area contributed by atoms with E-state index in [0.717, 1.165) is 98.3 Å². The predicted octanol–water partition coefficient (Wildman–Crippen LogP) is 14.8. The molecule has 0 saturated heterocycles. The van der Waals surface area contributed by atoms with E-state index in [9.17, 15) is 0 Å². The predicted molar refractivity (Wildman–Crippen MR) is 267 cm³/mol. The SMILES string of the molecule is [2H]C([2H])([2H])c1ccnc(-c2[c-]cc(-c3ccccc3-c3cc(CCc4c[c-]c(-c5ccccn5)cc4)cc(CCc4c[c-]c(-c5ccccn5)cc4)c3)c(-c3ccc(-c4ccccc4)cc3)c2)c1.[Ir+3]. The molecule has 0 unspecified atom stereocenters. The van der Waals surface area contributed by atoms with Crippen LogP contribution in [0.5, 0.6) is 0 Å². The zero-order valence-electron chi connectivity index (χ0n) is 39.2. The van der Waals surface area contributed by atoms with Crippen LogP contribution in [0.15, 0.2) is 213 Å². The number of hydrogen-bond acceptors (Lipinski definition) is 3. The second-order valence-corrected chi connectivity index (χ2v) is 16.3. The van der Waals surface area contributed by atoms with Crippen LogP contribution in [-0.4, -0.2) is 15.0 Å². The Morgan fingerprint density at radius 2 is 0.909 bits per heavy atom. The molecule has 66 heavy (non-hydrogen) atoms. The van der Waals surface area contributed by atoms with Crippen LogP contribution in [0.4, 0.5) is 0 Å². The van der Waals surface area contributed by atoms with Gasteiger partial charge in [-0.25, -0.2) is 0 Å². The first-order valence-electron chi connectivity index (χ1n) is 23.6. The maximum atomic E-state index is 8.08. The molecule has 0 bridgehead atoms. The van der Waals surface area contributed by atoms with E-state index in [1.807, 2.05) is 60.9 Å². The molecule has 3 nitrogen and oxygen atoms in total. The van der Waals surface area contributed by atoms with Crippen LogP contribution < -0.4 is 0 Å². The molecule has 0 aliphatic heterocycles. The molecular weight excluding hydrogens is 979 g/mol. The summed E-state index contributed by atoms with van der Waals surface area (Å²) in [5.41, 5.74) is 18.9. The second-order valence-electron chi connectivity index (χ2n) is 16.3. The van der Waals surface area contributed by atoms with Gasteiger partial charge < -0.3 is 15.0 Å². The van der Waals surface area contributed by atoms with Crippen molar-refractivity contribution in [2.45, 2.75) is 32.5 Å². The smallest absolute Gasteiger partial charge is 0.305 e. The molecule has 0 radical (unpaired) electrons. The fourth-order valence-corrected chi connectivity index (χ4v) is 8.49. The van der Waals surface area contributed by atoms with E-state index in [4.69, 9.17) is 4.11 Å². The molecule has 0 atom stereocenters. The van der Waals surface area contributed by atoms with E-state index >= 15 is 0 Å². The Hall–Kier alpha value is -7.36. The molecule has 0 aliphatic rings. The van der Waals surface area contributed by atoms with Gasteiger partial charge in [-0.3, -0.25) is 0 Å². The fourth-order valence-electron chi connectivity index (χ4n) is 8.49. The molecular formula is C62H46IrN3. The molecule has 318 valence electrons. The molecule has 10 rings (SSSR count). The summed E-state index contributed by atoms with van der Waals surface area (Å²) in [6, 6.07) is 77.2. The van der Waals surface area contributed by atoms with Crippen LogP contribution >= 0.6 is 0 Å². The minimum absolute atomic E-state index is 0. The first-order chi connectivity index (χ1) is 33.3. The van der Waals surface area contributed by atoms with Crippen LogP contribution in [0.1, 0.15) is 31.9 Å². The summed E-state index contributed by atoms with van der Waals surface area (Å²) in [6.45, 7) is -2.26. The summed E-state index contributed by atoms with van der Waals surface area (Å²) in [7, 11) is 0. The molecule has 10 aromatic rings. The molecule has 0 N–H and O–H groups in total. The van der Waals surface area contributed by atoms with Gasteiger partial charge in [0.15, 0.2) is 0 Å². The van der Waals surface area contributed by atoms with Gasteiger partial charge in [-0.2, -0.15) is 0 Å². The van der Waals surface area contributed by atoms with Gasteiger partial charge in [-0.05, 0) is 93.9 Å². The van der Waals surface area contributed by atoms with Gasteiger partial charge in [-0.1, -0.05) is 162 Å². The van der Waals surface area contributed by atoms with Crippen molar-refractivity contribution in [2.75, 3.05) is 0 Å². The minimum Gasteiger partial charge on any atom is -0.305 e. The largest absolute Gasteiger partial charge is 3.00 e. The number of hydrogen-bond donors (Lipinski definition) is 0. The molecule has 0 spiro atoms. The van der Waals surface area contributed by atoms with E-state index < -0.39 is 6.85 Å². The van der Waals surface area contributed by atoms with E-state index in [1.54, 1.807) is 18.3 Å². The number of aryl methyl sites for hydroxylation is 5. The van der Waals surface area contributed by atoms with Crippen molar-refractivity contribution in [1.82, 2.24) is 15.0 Å². The van der Waals surface area contributed by atoms with E-state index in [-0.39, 0.29) is 25.7 Å². The third-order valence-electron chi connectivity index (χ3n) is 11.9. The number of pyridine rings is 3. The fraction of sp³-hybridized carbons (Fsp3) is 0.0806. The molecule has 4 heteroatoms. The monoisotopic (exact) mass is 1030 g/mol. The Labute approximate surface area is 406 Å². The van der Waals surface area contributed by atoms with Gasteiger partial charge >= 0.3 is 20.1 Å². The van der Waals surface area contributed by atoms with Gasteiger partial charge in [0.05, 0.1) is 0 Å². The zero-order chi connectivity index (χ0) is 46.3. The summed E-state index contributed by atoms with van der Waals surface area (Å²) < 4.78 is 24.3. The van der Waals surface area contributed by atoms with E-state index in [1.165, 1.54) is 22.3 Å². The van der Waals surface area contributed by atoms with Gasteiger partial charge in [0.2, 0.25) is 0 Å². The Bertz CT molecular complexity index is 3180. The first-order valence-corrected chi connectivity index (χ1v) is 22.1. The Morgan fingerprint density at radius 1 is 0.364 bits per heavy atom. The van der Waals surface area contributed by atoms with Crippen LogP contribution in [0.25, 0.3) is 78.3 Å². The molecule has 3 aromatic heterocycles. The molecule has 0 saturated carbocycles. The topological polar surface area (TPSA) is 38.7 Å². The number of rotatable bonds is 13. The van der Waals surface area contributed by atoms with Crippen molar-refractivity contribution in [3.8, 4) is 78.3 Å². The quantitative estimate of drug-likeness (QED) is 0.108. The van der Waals surface area contributed by atoms with Gasteiger partial charge in [0.1, 0.15) is 0 Å². The van der Waals surface area contributed by atoms with Crippen molar-refractivity contribution in [1.29, 1.82) is 0 Å². The molecule has 7 aromatic carbocycles. The van der Waals surface area contributed by atoms with Crippen molar-refractivity contribution in [3.05, 3.63) is 259 Å². The zero-order valence-corrected chi connectivity index (χ0v) is 38.6. The first kappa shape index (κ1) is 40.2. The normalized spacial score (nSPS) is 11.8. The molecule has 0 aliphatic carbocycles. The van der Waals surface area contributed by atoms with Crippen LogP contribution in [0, 0.1) is 25.1 Å². The van der Waals surface area contributed by atoms with Crippen molar-refractivity contribution >= 4 is 0 Å². The summed E-state index contributed by atoms with van der Waals surface area (Å²) >= 11 is 0. The summed E-state index contributed by atoms with van der Waals surface area (Å²) in [6.07, 6.45) is 8.64. The van der Waals surface area contributed by atoms with E-state index in [2.05, 4.69) is 167 Å². The average Bonchev–Trinajstić information content (AvgIpc) is 3.40. The standard InChI is InChI=1S/C62H46N3.Ir/c1-44-35-38-65-62(39-44)54-33-34-58(59(43-54)51-31-29-50(30-32-51)49-11-3-2-4-12-49)57-14-6-5-13-56(57)55-41-47(19-17-45-21-25-52(26-22-45)60-15-7-9-36-63-60)40-48(42-55)20-18-46-23-27-53(28-24-46)61-16-8-10-37-64-61;/h2-16,21-25,27,29-32,34-43H,17-20H2,1H3;/q-3;+3/i1D3;. The summed E-state index contributed by atoms with van der Waals surface area (Å²) in [4.78, 5) is 13.7. The Balaban J connectivity index is 0.00000593. The molecule has 0 fully saturated rings. The second kappa shape index (κ2) is 20.6. The Morgan fingerprint density at radius 3 is 1.50 bits per heavy atom. The minimum atomic E-state index is -2.26. The Kier molecular flexibility index (Phi) is 12.6. The van der Waals surface area contributed by atoms with Crippen molar-refractivity contribution in [2.24, 2.45) is 0 Å². The van der Waals surface area contributed by atoms with E-state index in [0.29, 0.717) is 5.69 Å². The maximum absolute atomic E-state index is 8.08. The number of benzene rings is 7. The van der Waals surface area contributed by atoms with Crippen LogP contribution in [0.2, 0.25) is 0 Å². The van der Waals surface area contributed by atoms with Gasteiger partial charge in [-0.15, -0.1) is 94.5 Å². The van der Waals surface area contributed by atoms with Crippen LogP contribution in [-0.2, 0) is 45.8 Å². The van der Waals surface area contributed by atoms with Crippen molar-refractivity contribution in [3.63, 3.8) is 0 Å². The number of nitrogens with zero attached hydrogens (tertiary/aromatic N) is 3. The molecule has 0 amide bonds. The third-order valence-corrected chi connectivity index (χ3v) is 11.9. The van der Waals surface area contributed by atoms with Gasteiger partial charge in [0, 0.05) is 22.7 Å².